The first kappa shape index (κ1) is 20.3. The van der Waals surface area contributed by atoms with Gasteiger partial charge in [0.25, 0.3) is 0 Å². The van der Waals surface area contributed by atoms with Gasteiger partial charge in [-0.15, -0.1) is 0 Å². The molecule has 0 bridgehead atoms. The molecule has 1 unspecified atom stereocenters. The number of rotatable bonds is 6. The molecule has 9 heteroatoms. The Hall–Kier alpha value is -2.03. The summed E-state index contributed by atoms with van der Waals surface area (Å²) in [7, 11) is -3.98. The maximum atomic E-state index is 13.7. The number of carbonyl (C=O) groups excluding carboxylic acids is 1. The summed E-state index contributed by atoms with van der Waals surface area (Å²) >= 11 is 5.71. The van der Waals surface area contributed by atoms with Crippen LogP contribution in [0.1, 0.15) is 25.5 Å². The van der Waals surface area contributed by atoms with Crippen LogP contribution in [0.5, 0.6) is 0 Å². The summed E-state index contributed by atoms with van der Waals surface area (Å²) in [5, 5.41) is 0.363. The second kappa shape index (κ2) is 8.11. The van der Waals surface area contributed by atoms with Crippen LogP contribution in [0.15, 0.2) is 47.4 Å². The van der Waals surface area contributed by atoms with E-state index in [4.69, 9.17) is 16.3 Å². The van der Waals surface area contributed by atoms with E-state index in [1.54, 1.807) is 0 Å². The third kappa shape index (κ3) is 5.00. The molecule has 0 aliphatic rings. The number of halogens is 3. The number of sulfonamides is 1. The molecule has 140 valence electrons. The second-order valence-corrected chi connectivity index (χ2v) is 7.69. The number of hydrogen-bond donors (Lipinski definition) is 1. The molecule has 2 atom stereocenters. The molecule has 0 fully saturated rings. The van der Waals surface area contributed by atoms with Gasteiger partial charge in [0.15, 0.2) is 0 Å². The Morgan fingerprint density at radius 3 is 2.35 bits per heavy atom. The molecule has 0 aliphatic heterocycles. The average Bonchev–Trinajstić information content (AvgIpc) is 2.56. The van der Waals surface area contributed by atoms with Gasteiger partial charge in [0.05, 0.1) is 4.90 Å². The highest BCUT2D eigenvalue weighted by Crippen LogP contribution is 2.22. The highest BCUT2D eigenvalue weighted by atomic mass is 35.5. The normalized spacial score (nSPS) is 13.9. The molecule has 2 aromatic rings. The highest BCUT2D eigenvalue weighted by Gasteiger charge is 2.25. The monoisotopic (exact) mass is 403 g/mol. The summed E-state index contributed by atoms with van der Waals surface area (Å²) in [6.07, 6.45) is -1.10. The van der Waals surface area contributed by atoms with Crippen LogP contribution in [0.25, 0.3) is 0 Å². The molecule has 0 saturated heterocycles. The van der Waals surface area contributed by atoms with E-state index in [-0.39, 0.29) is 10.5 Å². The Kier molecular flexibility index (Phi) is 6.33. The lowest BCUT2D eigenvalue weighted by molar-refractivity contribution is -0.150. The van der Waals surface area contributed by atoms with Crippen LogP contribution >= 0.6 is 11.6 Å². The van der Waals surface area contributed by atoms with Crippen molar-refractivity contribution in [1.29, 1.82) is 0 Å². The summed E-state index contributed by atoms with van der Waals surface area (Å²) in [6.45, 7) is 2.64. The van der Waals surface area contributed by atoms with Crippen molar-refractivity contribution in [3.05, 3.63) is 64.7 Å². The minimum atomic E-state index is -3.98. The molecular weight excluding hydrogens is 388 g/mol. The van der Waals surface area contributed by atoms with E-state index in [9.17, 15) is 22.0 Å². The van der Waals surface area contributed by atoms with E-state index in [1.807, 2.05) is 0 Å². The molecule has 26 heavy (non-hydrogen) atoms. The Morgan fingerprint density at radius 1 is 1.12 bits per heavy atom. The molecule has 0 heterocycles. The van der Waals surface area contributed by atoms with Gasteiger partial charge >= 0.3 is 5.97 Å². The van der Waals surface area contributed by atoms with Crippen LogP contribution in [0.3, 0.4) is 0 Å². The molecule has 0 amide bonds. The van der Waals surface area contributed by atoms with Gasteiger partial charge in [0.1, 0.15) is 23.8 Å². The van der Waals surface area contributed by atoms with Crippen molar-refractivity contribution in [2.75, 3.05) is 0 Å². The molecule has 1 N–H and O–H groups in total. The zero-order valence-electron chi connectivity index (χ0n) is 13.9. The smallest absolute Gasteiger partial charge is 0.324 e. The van der Waals surface area contributed by atoms with Gasteiger partial charge in [-0.3, -0.25) is 4.79 Å². The average molecular weight is 404 g/mol. The molecule has 2 aromatic carbocycles. The van der Waals surface area contributed by atoms with E-state index < -0.39 is 39.8 Å². The van der Waals surface area contributed by atoms with Gasteiger partial charge in [-0.25, -0.2) is 17.2 Å². The fraction of sp³-hybridized carbons (Fsp3) is 0.235. The van der Waals surface area contributed by atoms with Crippen molar-refractivity contribution in [1.82, 2.24) is 4.72 Å². The quantitative estimate of drug-likeness (QED) is 0.748. The van der Waals surface area contributed by atoms with Crippen molar-refractivity contribution in [2.24, 2.45) is 0 Å². The number of esters is 1. The van der Waals surface area contributed by atoms with Gasteiger partial charge in [-0.2, -0.15) is 4.72 Å². The predicted octanol–water partition coefficient (Wildman–Crippen LogP) is 3.59. The summed E-state index contributed by atoms with van der Waals surface area (Å²) in [4.78, 5) is 12.0. The number of ether oxygens (including phenoxy) is 1. The Balaban J connectivity index is 2.07. The number of hydrogen-bond acceptors (Lipinski definition) is 4. The summed E-state index contributed by atoms with van der Waals surface area (Å²) in [5.41, 5.74) is -0.147. The van der Waals surface area contributed by atoms with Crippen LogP contribution in [0.2, 0.25) is 5.02 Å². The van der Waals surface area contributed by atoms with E-state index in [1.165, 1.54) is 38.1 Å². The van der Waals surface area contributed by atoms with Crippen LogP contribution in [0.4, 0.5) is 8.78 Å². The number of nitrogens with one attached hydrogen (secondary N) is 1. The first-order valence-electron chi connectivity index (χ1n) is 7.53. The zero-order chi connectivity index (χ0) is 19.5. The SMILES string of the molecule is CC(OC(=O)[C@H](C)NS(=O)(=O)c1ccc(Cl)cc1)c1cc(F)ccc1F. The van der Waals surface area contributed by atoms with E-state index >= 15 is 0 Å². The van der Waals surface area contributed by atoms with Crippen molar-refractivity contribution in [2.45, 2.75) is 30.9 Å². The molecule has 0 saturated carbocycles. The van der Waals surface area contributed by atoms with Gasteiger partial charge in [0, 0.05) is 10.6 Å². The zero-order valence-corrected chi connectivity index (χ0v) is 15.4. The maximum absolute atomic E-state index is 13.7. The minimum absolute atomic E-state index is 0.0780. The van der Waals surface area contributed by atoms with E-state index in [0.717, 1.165) is 18.2 Å². The van der Waals surface area contributed by atoms with Crippen molar-refractivity contribution < 1.29 is 26.7 Å². The first-order valence-corrected chi connectivity index (χ1v) is 9.39. The number of carbonyl (C=O) groups is 1. The fourth-order valence-electron chi connectivity index (χ4n) is 2.13. The minimum Gasteiger partial charge on any atom is -0.456 e. The van der Waals surface area contributed by atoms with Crippen LogP contribution < -0.4 is 4.72 Å². The number of benzene rings is 2. The van der Waals surface area contributed by atoms with Crippen molar-refractivity contribution in [3.8, 4) is 0 Å². The molecule has 2 rings (SSSR count). The summed E-state index contributed by atoms with van der Waals surface area (Å²) in [6, 6.07) is 6.89. The summed E-state index contributed by atoms with van der Waals surface area (Å²) in [5.74, 6) is -2.35. The highest BCUT2D eigenvalue weighted by molar-refractivity contribution is 7.89. The van der Waals surface area contributed by atoms with Crippen LogP contribution in [-0.2, 0) is 19.6 Å². The second-order valence-electron chi connectivity index (χ2n) is 5.54. The lowest BCUT2D eigenvalue weighted by Gasteiger charge is -2.18. The third-order valence-corrected chi connectivity index (χ3v) is 5.31. The first-order chi connectivity index (χ1) is 12.1. The van der Waals surface area contributed by atoms with E-state index in [2.05, 4.69) is 4.72 Å². The predicted molar refractivity (Wildman–Crippen MR) is 92.1 cm³/mol. The van der Waals surface area contributed by atoms with Crippen LogP contribution in [0, 0.1) is 11.6 Å². The maximum Gasteiger partial charge on any atom is 0.324 e. The Bertz CT molecular complexity index is 903. The Morgan fingerprint density at radius 2 is 1.73 bits per heavy atom. The van der Waals surface area contributed by atoms with E-state index in [0.29, 0.717) is 5.02 Å². The summed E-state index contributed by atoms with van der Waals surface area (Å²) < 4.78 is 58.6. The van der Waals surface area contributed by atoms with Crippen LogP contribution in [-0.4, -0.2) is 20.4 Å². The molecule has 5 nitrogen and oxygen atoms in total. The molecule has 0 aliphatic carbocycles. The topological polar surface area (TPSA) is 72.5 Å². The standard InChI is InChI=1S/C17H16ClF2NO4S/c1-10(21-26(23,24)14-6-3-12(18)4-7-14)17(22)25-11(2)15-9-13(19)5-8-16(15)20/h3-11,21H,1-2H3/t10-,11?/m0/s1. The molecule has 0 spiro atoms. The third-order valence-electron chi connectivity index (χ3n) is 3.50. The van der Waals surface area contributed by atoms with Gasteiger partial charge in [-0.1, -0.05) is 11.6 Å². The Labute approximate surface area is 155 Å². The van der Waals surface area contributed by atoms with Gasteiger partial charge < -0.3 is 4.74 Å². The van der Waals surface area contributed by atoms with Gasteiger partial charge in [0.2, 0.25) is 10.0 Å². The van der Waals surface area contributed by atoms with Crippen molar-refractivity contribution >= 4 is 27.6 Å². The molecule has 0 aromatic heterocycles. The van der Waals surface area contributed by atoms with Gasteiger partial charge in [-0.05, 0) is 56.3 Å². The lowest BCUT2D eigenvalue weighted by atomic mass is 10.1. The van der Waals surface area contributed by atoms with Crippen molar-refractivity contribution in [3.63, 3.8) is 0 Å². The molecular formula is C17H16ClF2NO4S. The largest absolute Gasteiger partial charge is 0.456 e. The fourth-order valence-corrected chi connectivity index (χ4v) is 3.45. The lowest BCUT2D eigenvalue weighted by Crippen LogP contribution is -2.39. The molecule has 0 radical (unpaired) electrons.